The number of amides is 1. The fourth-order valence-electron chi connectivity index (χ4n) is 1.85. The summed E-state index contributed by atoms with van der Waals surface area (Å²) in [5, 5.41) is 2.86. The number of benzene rings is 1. The molecule has 0 bridgehead atoms. The van der Waals surface area contributed by atoms with Crippen molar-refractivity contribution < 1.29 is 19.0 Å². The van der Waals surface area contributed by atoms with E-state index >= 15 is 0 Å². The number of hydrogen-bond donors (Lipinski definition) is 1. The molecule has 0 aromatic heterocycles. The summed E-state index contributed by atoms with van der Waals surface area (Å²) in [5.74, 6) is 1.07. The second kappa shape index (κ2) is 9.23. The first-order valence-corrected chi connectivity index (χ1v) is 7.23. The van der Waals surface area contributed by atoms with Crippen LogP contribution in [0.25, 0.3) is 0 Å². The van der Waals surface area contributed by atoms with E-state index in [1.54, 1.807) is 32.4 Å². The van der Waals surface area contributed by atoms with Gasteiger partial charge in [0.1, 0.15) is 0 Å². The maximum Gasteiger partial charge on any atom is 0.251 e. The third kappa shape index (κ3) is 5.63. The van der Waals surface area contributed by atoms with Crippen LogP contribution in [0.2, 0.25) is 0 Å². The van der Waals surface area contributed by atoms with E-state index in [0.717, 1.165) is 12.8 Å². The summed E-state index contributed by atoms with van der Waals surface area (Å²) < 4.78 is 15.9. The van der Waals surface area contributed by atoms with Crippen molar-refractivity contribution >= 4 is 5.91 Å². The van der Waals surface area contributed by atoms with Crippen LogP contribution in [0.4, 0.5) is 0 Å². The Morgan fingerprint density at radius 2 is 2.05 bits per heavy atom. The number of methoxy groups -OCH3 is 2. The molecule has 0 spiro atoms. The Bertz CT molecular complexity index is 448. The van der Waals surface area contributed by atoms with Gasteiger partial charge in [0, 0.05) is 18.7 Å². The molecule has 0 radical (unpaired) electrons. The Morgan fingerprint density at radius 1 is 1.29 bits per heavy atom. The fourth-order valence-corrected chi connectivity index (χ4v) is 1.85. The summed E-state index contributed by atoms with van der Waals surface area (Å²) in [5.41, 5.74) is 0.539. The number of hydrogen-bond acceptors (Lipinski definition) is 4. The average Bonchev–Trinajstić information content (AvgIpc) is 2.47. The number of unbranched alkanes of at least 4 members (excludes halogenated alkanes) is 1. The molecule has 0 aliphatic carbocycles. The summed E-state index contributed by atoms with van der Waals surface area (Å²) in [6.07, 6.45) is 2.06. The maximum absolute atomic E-state index is 12.1. The molecular formula is C16H25NO4. The van der Waals surface area contributed by atoms with Gasteiger partial charge in [-0.2, -0.15) is 0 Å². The largest absolute Gasteiger partial charge is 0.493 e. The van der Waals surface area contributed by atoms with Crippen LogP contribution < -0.4 is 14.8 Å². The molecule has 5 nitrogen and oxygen atoms in total. The van der Waals surface area contributed by atoms with Gasteiger partial charge in [-0.25, -0.2) is 0 Å². The van der Waals surface area contributed by atoms with Gasteiger partial charge < -0.3 is 19.5 Å². The summed E-state index contributed by atoms with van der Waals surface area (Å²) in [6.45, 7) is 5.11. The van der Waals surface area contributed by atoms with Crippen LogP contribution in [-0.2, 0) is 4.74 Å². The van der Waals surface area contributed by atoms with Crippen molar-refractivity contribution in [3.63, 3.8) is 0 Å². The zero-order chi connectivity index (χ0) is 15.7. The van der Waals surface area contributed by atoms with E-state index in [-0.39, 0.29) is 11.9 Å². The monoisotopic (exact) mass is 295 g/mol. The molecule has 0 aliphatic rings. The molecule has 0 aliphatic heterocycles. The van der Waals surface area contributed by atoms with Gasteiger partial charge in [-0.05, 0) is 31.5 Å². The van der Waals surface area contributed by atoms with Gasteiger partial charge in [0.2, 0.25) is 0 Å². The van der Waals surface area contributed by atoms with Crippen LogP contribution in [-0.4, -0.2) is 39.4 Å². The lowest BCUT2D eigenvalue weighted by atomic mass is 10.1. The van der Waals surface area contributed by atoms with E-state index < -0.39 is 0 Å². The molecule has 1 amide bonds. The second-order valence-corrected chi connectivity index (χ2v) is 4.90. The van der Waals surface area contributed by atoms with E-state index in [1.165, 1.54) is 0 Å². The van der Waals surface area contributed by atoms with Crippen LogP contribution in [0.3, 0.4) is 0 Å². The first kappa shape index (κ1) is 17.3. The summed E-state index contributed by atoms with van der Waals surface area (Å²) in [7, 11) is 3.17. The van der Waals surface area contributed by atoms with Crippen molar-refractivity contribution in [1.82, 2.24) is 5.32 Å². The van der Waals surface area contributed by atoms with Crippen molar-refractivity contribution in [2.45, 2.75) is 32.7 Å². The van der Waals surface area contributed by atoms with Crippen molar-refractivity contribution in [1.29, 1.82) is 0 Å². The molecule has 0 saturated carbocycles. The number of rotatable bonds is 9. The molecule has 1 rings (SSSR count). The van der Waals surface area contributed by atoms with Gasteiger partial charge in [0.15, 0.2) is 11.5 Å². The van der Waals surface area contributed by atoms with E-state index in [9.17, 15) is 4.79 Å². The molecule has 1 atom stereocenters. The number of nitrogens with one attached hydrogen (secondary N) is 1. The van der Waals surface area contributed by atoms with Crippen LogP contribution in [0.15, 0.2) is 18.2 Å². The van der Waals surface area contributed by atoms with E-state index in [1.807, 2.05) is 6.92 Å². The lowest BCUT2D eigenvalue weighted by molar-refractivity contribution is 0.0905. The molecule has 0 fully saturated rings. The highest BCUT2D eigenvalue weighted by molar-refractivity contribution is 5.95. The number of carbonyl (C=O) groups excluding carboxylic acids is 1. The second-order valence-electron chi connectivity index (χ2n) is 4.90. The fraction of sp³-hybridized carbons (Fsp3) is 0.562. The molecule has 1 N–H and O–H groups in total. The highest BCUT2D eigenvalue weighted by Crippen LogP contribution is 2.28. The van der Waals surface area contributed by atoms with Gasteiger partial charge in [0.25, 0.3) is 5.91 Å². The van der Waals surface area contributed by atoms with Crippen LogP contribution >= 0.6 is 0 Å². The lowest BCUT2D eigenvalue weighted by Gasteiger charge is -2.14. The molecule has 0 saturated heterocycles. The molecule has 1 unspecified atom stereocenters. The molecule has 5 heteroatoms. The maximum atomic E-state index is 12.1. The van der Waals surface area contributed by atoms with Crippen molar-refractivity contribution in [3.05, 3.63) is 23.8 Å². The first-order valence-electron chi connectivity index (χ1n) is 7.23. The SMILES string of the molecule is CCCCOc1ccc(C(=O)NC(C)COC)cc1OC. The van der Waals surface area contributed by atoms with Gasteiger partial charge in [-0.15, -0.1) is 0 Å². The Morgan fingerprint density at radius 3 is 2.67 bits per heavy atom. The first-order chi connectivity index (χ1) is 10.1. The Hall–Kier alpha value is -1.75. The van der Waals surface area contributed by atoms with Gasteiger partial charge in [-0.3, -0.25) is 4.79 Å². The molecule has 1 aromatic rings. The number of ether oxygens (including phenoxy) is 3. The molecule has 1 aromatic carbocycles. The summed E-state index contributed by atoms with van der Waals surface area (Å²) in [6, 6.07) is 5.15. The quantitative estimate of drug-likeness (QED) is 0.712. The topological polar surface area (TPSA) is 56.8 Å². The van der Waals surface area contributed by atoms with E-state index in [4.69, 9.17) is 14.2 Å². The van der Waals surface area contributed by atoms with Crippen LogP contribution in [0.1, 0.15) is 37.0 Å². The van der Waals surface area contributed by atoms with Crippen molar-refractivity contribution in [3.8, 4) is 11.5 Å². The minimum atomic E-state index is -0.155. The summed E-state index contributed by atoms with van der Waals surface area (Å²) in [4.78, 5) is 12.1. The van der Waals surface area contributed by atoms with Crippen LogP contribution in [0.5, 0.6) is 11.5 Å². The van der Waals surface area contributed by atoms with E-state index in [0.29, 0.717) is 30.3 Å². The Labute approximate surface area is 126 Å². The van der Waals surface area contributed by atoms with Crippen molar-refractivity contribution in [2.24, 2.45) is 0 Å². The molecule has 21 heavy (non-hydrogen) atoms. The predicted molar refractivity (Wildman–Crippen MR) is 82.2 cm³/mol. The molecule has 0 heterocycles. The third-order valence-electron chi connectivity index (χ3n) is 2.98. The van der Waals surface area contributed by atoms with Crippen molar-refractivity contribution in [2.75, 3.05) is 27.4 Å². The lowest BCUT2D eigenvalue weighted by Crippen LogP contribution is -2.35. The average molecular weight is 295 g/mol. The zero-order valence-corrected chi connectivity index (χ0v) is 13.3. The van der Waals surface area contributed by atoms with Gasteiger partial charge in [0.05, 0.1) is 20.3 Å². The minimum absolute atomic E-state index is 0.0472. The summed E-state index contributed by atoms with van der Waals surface area (Å²) >= 11 is 0. The zero-order valence-electron chi connectivity index (χ0n) is 13.3. The predicted octanol–water partition coefficient (Wildman–Crippen LogP) is 2.64. The van der Waals surface area contributed by atoms with Gasteiger partial charge in [-0.1, -0.05) is 13.3 Å². The molecular weight excluding hydrogens is 270 g/mol. The Kier molecular flexibility index (Phi) is 7.61. The third-order valence-corrected chi connectivity index (χ3v) is 2.98. The molecule has 118 valence electrons. The van der Waals surface area contributed by atoms with E-state index in [2.05, 4.69) is 12.2 Å². The minimum Gasteiger partial charge on any atom is -0.493 e. The smallest absolute Gasteiger partial charge is 0.251 e. The van der Waals surface area contributed by atoms with Gasteiger partial charge >= 0.3 is 0 Å². The van der Waals surface area contributed by atoms with Crippen LogP contribution in [0, 0.1) is 0 Å². The highest BCUT2D eigenvalue weighted by atomic mass is 16.5. The number of carbonyl (C=O) groups is 1. The Balaban J connectivity index is 2.74. The highest BCUT2D eigenvalue weighted by Gasteiger charge is 2.13. The normalized spacial score (nSPS) is 11.8. The standard InChI is InChI=1S/C16H25NO4/c1-5-6-9-21-14-8-7-13(10-15(14)20-4)16(18)17-12(2)11-19-3/h7-8,10,12H,5-6,9,11H2,1-4H3,(H,17,18).